The maximum Gasteiger partial charge on any atom is 0.322 e. The van der Waals surface area contributed by atoms with Crippen LogP contribution in [-0.4, -0.2) is 23.0 Å². The minimum Gasteiger partial charge on any atom is -0.480 e. The van der Waals surface area contributed by atoms with E-state index in [4.69, 9.17) is 5.11 Å². The third-order valence-corrected chi connectivity index (χ3v) is 1.73. The van der Waals surface area contributed by atoms with E-state index in [9.17, 15) is 9.59 Å². The van der Waals surface area contributed by atoms with Gasteiger partial charge in [0.25, 0.3) is 0 Å². The third-order valence-electron chi connectivity index (χ3n) is 1.73. The zero-order chi connectivity index (χ0) is 9.14. The molecule has 0 saturated heterocycles. The summed E-state index contributed by atoms with van der Waals surface area (Å²) in [6.45, 7) is 1.47. The number of carboxylic acids is 1. The molecule has 1 atom stereocenters. The molecule has 0 bridgehead atoms. The number of hydrogen-bond donors (Lipinski definition) is 3. The first-order valence-electron chi connectivity index (χ1n) is 3.89. The van der Waals surface area contributed by atoms with Gasteiger partial charge in [0.15, 0.2) is 0 Å². The standard InChI is InChI=1S/C7H12N2O3/c1-4(7(11)12)8-9-6(10)5-2-3-5/h4-5,8H,2-3H2,1H3,(H,9,10)(H,11,12)/t4-/m0/s1. The fourth-order valence-corrected chi connectivity index (χ4v) is 0.689. The first kappa shape index (κ1) is 8.99. The van der Waals surface area contributed by atoms with Crippen LogP contribution < -0.4 is 10.9 Å². The van der Waals surface area contributed by atoms with Gasteiger partial charge in [-0.15, -0.1) is 0 Å². The van der Waals surface area contributed by atoms with Gasteiger partial charge in [-0.25, -0.2) is 5.43 Å². The van der Waals surface area contributed by atoms with Crippen molar-refractivity contribution in [2.75, 3.05) is 0 Å². The molecule has 1 rings (SSSR count). The smallest absolute Gasteiger partial charge is 0.322 e. The Morgan fingerprint density at radius 1 is 1.50 bits per heavy atom. The van der Waals surface area contributed by atoms with Gasteiger partial charge in [0.2, 0.25) is 5.91 Å². The first-order valence-corrected chi connectivity index (χ1v) is 3.89. The second-order valence-corrected chi connectivity index (χ2v) is 2.97. The van der Waals surface area contributed by atoms with Crippen molar-refractivity contribution in [3.05, 3.63) is 0 Å². The molecule has 5 nitrogen and oxygen atoms in total. The molecule has 0 aromatic carbocycles. The summed E-state index contributed by atoms with van der Waals surface area (Å²) in [4.78, 5) is 21.2. The van der Waals surface area contributed by atoms with E-state index in [0.29, 0.717) is 0 Å². The Kier molecular flexibility index (Phi) is 2.65. The maximum atomic E-state index is 11.0. The van der Waals surface area contributed by atoms with E-state index in [1.165, 1.54) is 6.92 Å². The van der Waals surface area contributed by atoms with Gasteiger partial charge in [-0.1, -0.05) is 0 Å². The van der Waals surface area contributed by atoms with Gasteiger partial charge in [0.05, 0.1) is 0 Å². The topological polar surface area (TPSA) is 78.4 Å². The highest BCUT2D eigenvalue weighted by Crippen LogP contribution is 2.28. The minimum atomic E-state index is -0.980. The van der Waals surface area contributed by atoms with Crippen LogP contribution in [0.25, 0.3) is 0 Å². The number of nitrogens with one attached hydrogen (secondary N) is 2. The van der Waals surface area contributed by atoms with Gasteiger partial charge in [0.1, 0.15) is 6.04 Å². The highest BCUT2D eigenvalue weighted by Gasteiger charge is 2.29. The molecule has 12 heavy (non-hydrogen) atoms. The second-order valence-electron chi connectivity index (χ2n) is 2.97. The molecule has 0 aliphatic heterocycles. The SMILES string of the molecule is C[C@H](NNC(=O)C1CC1)C(=O)O. The van der Waals surface area contributed by atoms with Crippen molar-refractivity contribution in [1.29, 1.82) is 0 Å². The van der Waals surface area contributed by atoms with Crippen LogP contribution in [0.4, 0.5) is 0 Å². The molecule has 0 heterocycles. The van der Waals surface area contributed by atoms with E-state index in [1.807, 2.05) is 0 Å². The van der Waals surface area contributed by atoms with E-state index >= 15 is 0 Å². The van der Waals surface area contributed by atoms with Crippen molar-refractivity contribution >= 4 is 11.9 Å². The first-order chi connectivity index (χ1) is 5.61. The molecule has 1 aliphatic carbocycles. The summed E-state index contributed by atoms with van der Waals surface area (Å²) in [5.41, 5.74) is 4.76. The lowest BCUT2D eigenvalue weighted by atomic mass is 10.4. The summed E-state index contributed by atoms with van der Waals surface area (Å²) in [6, 6.07) is -0.743. The van der Waals surface area contributed by atoms with E-state index in [1.54, 1.807) is 0 Å². The summed E-state index contributed by atoms with van der Waals surface area (Å²) in [6.07, 6.45) is 1.82. The van der Waals surface area contributed by atoms with Crippen LogP contribution in [0.15, 0.2) is 0 Å². The van der Waals surface area contributed by atoms with E-state index in [2.05, 4.69) is 10.9 Å². The Morgan fingerprint density at radius 2 is 2.08 bits per heavy atom. The molecule has 0 radical (unpaired) electrons. The fourth-order valence-electron chi connectivity index (χ4n) is 0.689. The van der Waals surface area contributed by atoms with Crippen LogP contribution in [0.5, 0.6) is 0 Å². The van der Waals surface area contributed by atoms with Crippen LogP contribution >= 0.6 is 0 Å². The average molecular weight is 172 g/mol. The molecule has 0 unspecified atom stereocenters. The van der Waals surface area contributed by atoms with Crippen molar-refractivity contribution in [1.82, 2.24) is 10.9 Å². The molecule has 1 fully saturated rings. The number of carbonyl (C=O) groups excluding carboxylic acids is 1. The average Bonchev–Trinajstić information content (AvgIpc) is 2.81. The fraction of sp³-hybridized carbons (Fsp3) is 0.714. The summed E-state index contributed by atoms with van der Waals surface area (Å²) < 4.78 is 0. The summed E-state index contributed by atoms with van der Waals surface area (Å²) in [5, 5.41) is 8.44. The van der Waals surface area contributed by atoms with Crippen LogP contribution in [0.3, 0.4) is 0 Å². The number of aliphatic carboxylic acids is 1. The normalized spacial score (nSPS) is 18.4. The predicted molar refractivity (Wildman–Crippen MR) is 41.1 cm³/mol. The predicted octanol–water partition coefficient (Wildman–Crippen LogP) is -0.510. The van der Waals surface area contributed by atoms with Crippen molar-refractivity contribution < 1.29 is 14.7 Å². The molecule has 0 aromatic rings. The highest BCUT2D eigenvalue weighted by atomic mass is 16.4. The number of hydrogen-bond acceptors (Lipinski definition) is 3. The lowest BCUT2D eigenvalue weighted by Gasteiger charge is -2.09. The van der Waals surface area contributed by atoms with Gasteiger partial charge in [-0.2, -0.15) is 0 Å². The van der Waals surface area contributed by atoms with Crippen LogP contribution in [-0.2, 0) is 9.59 Å². The number of carboxylic acid groups (broad SMARTS) is 1. The summed E-state index contributed by atoms with van der Waals surface area (Å²) >= 11 is 0. The van der Waals surface area contributed by atoms with Gasteiger partial charge >= 0.3 is 5.97 Å². The summed E-state index contributed by atoms with van der Waals surface area (Å²) in [7, 11) is 0. The van der Waals surface area contributed by atoms with E-state index in [0.717, 1.165) is 12.8 Å². The zero-order valence-electron chi connectivity index (χ0n) is 6.83. The Hall–Kier alpha value is -1.10. The van der Waals surface area contributed by atoms with Crippen molar-refractivity contribution in [3.8, 4) is 0 Å². The minimum absolute atomic E-state index is 0.0958. The summed E-state index contributed by atoms with van der Waals surface area (Å²) in [5.74, 6) is -0.993. The van der Waals surface area contributed by atoms with Crippen molar-refractivity contribution in [2.45, 2.75) is 25.8 Å². The van der Waals surface area contributed by atoms with Crippen LogP contribution in [0.2, 0.25) is 0 Å². The van der Waals surface area contributed by atoms with Gasteiger partial charge in [-0.05, 0) is 19.8 Å². The molecule has 3 N–H and O–H groups in total. The molecule has 0 aromatic heterocycles. The number of carbonyl (C=O) groups is 2. The Balaban J connectivity index is 2.15. The number of rotatable bonds is 4. The molecular formula is C7H12N2O3. The van der Waals surface area contributed by atoms with Crippen molar-refractivity contribution in [2.24, 2.45) is 5.92 Å². The molecule has 5 heteroatoms. The number of hydrazine groups is 1. The molecule has 68 valence electrons. The third kappa shape index (κ3) is 2.50. The van der Waals surface area contributed by atoms with Crippen LogP contribution in [0.1, 0.15) is 19.8 Å². The van der Waals surface area contributed by atoms with Crippen molar-refractivity contribution in [3.63, 3.8) is 0 Å². The Labute approximate surface area is 70.1 Å². The maximum absolute atomic E-state index is 11.0. The Morgan fingerprint density at radius 3 is 2.50 bits per heavy atom. The Bertz CT molecular complexity index is 201. The van der Waals surface area contributed by atoms with Crippen LogP contribution in [0, 0.1) is 5.92 Å². The van der Waals surface area contributed by atoms with E-state index in [-0.39, 0.29) is 11.8 Å². The van der Waals surface area contributed by atoms with Gasteiger partial charge in [-0.3, -0.25) is 15.0 Å². The lowest BCUT2D eigenvalue weighted by molar-refractivity contribution is -0.139. The lowest BCUT2D eigenvalue weighted by Crippen LogP contribution is -2.47. The highest BCUT2D eigenvalue weighted by molar-refractivity contribution is 5.81. The molecule has 1 amide bonds. The van der Waals surface area contributed by atoms with Gasteiger partial charge < -0.3 is 5.11 Å². The molecule has 1 aliphatic rings. The quantitative estimate of drug-likeness (QED) is 0.499. The van der Waals surface area contributed by atoms with Gasteiger partial charge in [0, 0.05) is 5.92 Å². The monoisotopic (exact) mass is 172 g/mol. The largest absolute Gasteiger partial charge is 0.480 e. The molecular weight excluding hydrogens is 160 g/mol. The number of amides is 1. The zero-order valence-corrected chi connectivity index (χ0v) is 6.83. The molecule has 1 saturated carbocycles. The second kappa shape index (κ2) is 3.53. The van der Waals surface area contributed by atoms with E-state index < -0.39 is 12.0 Å². The molecule has 0 spiro atoms.